The molecule has 0 N–H and O–H groups in total. The van der Waals surface area contributed by atoms with Crippen molar-refractivity contribution in [3.05, 3.63) is 23.8 Å². The van der Waals surface area contributed by atoms with Gasteiger partial charge in [-0.3, -0.25) is 0 Å². The molecule has 0 radical (unpaired) electrons. The van der Waals surface area contributed by atoms with E-state index in [1.54, 1.807) is 5.57 Å². The summed E-state index contributed by atoms with van der Waals surface area (Å²) >= 11 is 0. The standard InChI is InChI=1S/C9H12/c1-2-5-9-7-3-6-8(9)4-1/h1-2,4,9H,3,5-7H2. The van der Waals surface area contributed by atoms with Crippen LogP contribution >= 0.6 is 0 Å². The Labute approximate surface area is 56.3 Å². The van der Waals surface area contributed by atoms with E-state index in [0.717, 1.165) is 5.92 Å². The van der Waals surface area contributed by atoms with Gasteiger partial charge in [-0.05, 0) is 31.6 Å². The predicted octanol–water partition coefficient (Wildman–Crippen LogP) is 2.67. The molecule has 0 spiro atoms. The highest BCUT2D eigenvalue weighted by Gasteiger charge is 2.19. The third-order valence-corrected chi connectivity index (χ3v) is 2.41. The van der Waals surface area contributed by atoms with E-state index in [4.69, 9.17) is 0 Å². The molecule has 2 aliphatic rings. The molecule has 2 rings (SSSR count). The molecule has 0 nitrogen and oxygen atoms in total. The van der Waals surface area contributed by atoms with Crippen molar-refractivity contribution in [3.63, 3.8) is 0 Å². The lowest BCUT2D eigenvalue weighted by molar-refractivity contribution is 0.633. The monoisotopic (exact) mass is 120 g/mol. The van der Waals surface area contributed by atoms with Crippen LogP contribution in [-0.4, -0.2) is 0 Å². The summed E-state index contributed by atoms with van der Waals surface area (Å²) in [4.78, 5) is 0. The Bertz CT molecular complexity index is 163. The van der Waals surface area contributed by atoms with E-state index in [1.807, 2.05) is 0 Å². The largest absolute Gasteiger partial charge is 0.0839 e. The fourth-order valence-electron chi connectivity index (χ4n) is 1.87. The van der Waals surface area contributed by atoms with E-state index >= 15 is 0 Å². The summed E-state index contributed by atoms with van der Waals surface area (Å²) in [5, 5.41) is 0. The summed E-state index contributed by atoms with van der Waals surface area (Å²) < 4.78 is 0. The van der Waals surface area contributed by atoms with Gasteiger partial charge in [0.25, 0.3) is 0 Å². The molecule has 0 bridgehead atoms. The van der Waals surface area contributed by atoms with Crippen LogP contribution in [0.5, 0.6) is 0 Å². The van der Waals surface area contributed by atoms with Gasteiger partial charge in [-0.1, -0.05) is 23.8 Å². The molecule has 1 fully saturated rings. The van der Waals surface area contributed by atoms with Crippen LogP contribution < -0.4 is 0 Å². The normalized spacial score (nSPS) is 32.0. The topological polar surface area (TPSA) is 0 Å². The SMILES string of the molecule is C1=CCC2CCCC2=C1. The van der Waals surface area contributed by atoms with Crippen LogP contribution in [0.25, 0.3) is 0 Å². The Hall–Kier alpha value is -0.520. The molecule has 0 amide bonds. The highest BCUT2D eigenvalue weighted by Crippen LogP contribution is 2.35. The maximum Gasteiger partial charge on any atom is -0.0165 e. The fourth-order valence-corrected chi connectivity index (χ4v) is 1.87. The van der Waals surface area contributed by atoms with Crippen LogP contribution in [0, 0.1) is 5.92 Å². The highest BCUT2D eigenvalue weighted by atomic mass is 14.2. The van der Waals surface area contributed by atoms with E-state index in [0.29, 0.717) is 0 Å². The molecule has 0 aromatic rings. The van der Waals surface area contributed by atoms with Crippen molar-refractivity contribution in [1.82, 2.24) is 0 Å². The van der Waals surface area contributed by atoms with Crippen LogP contribution in [0.1, 0.15) is 25.7 Å². The van der Waals surface area contributed by atoms with Crippen LogP contribution in [0.15, 0.2) is 23.8 Å². The predicted molar refractivity (Wildman–Crippen MR) is 39.2 cm³/mol. The lowest BCUT2D eigenvalue weighted by Crippen LogP contribution is -1.96. The first-order valence-corrected chi connectivity index (χ1v) is 3.82. The Kier molecular flexibility index (Phi) is 1.18. The van der Waals surface area contributed by atoms with Crippen molar-refractivity contribution >= 4 is 0 Å². The first-order valence-electron chi connectivity index (χ1n) is 3.82. The van der Waals surface area contributed by atoms with E-state index < -0.39 is 0 Å². The second kappa shape index (κ2) is 2.02. The Morgan fingerprint density at radius 2 is 2.44 bits per heavy atom. The molecule has 9 heavy (non-hydrogen) atoms. The van der Waals surface area contributed by atoms with Gasteiger partial charge in [0.15, 0.2) is 0 Å². The summed E-state index contributed by atoms with van der Waals surface area (Å²) in [7, 11) is 0. The van der Waals surface area contributed by atoms with E-state index in [-0.39, 0.29) is 0 Å². The summed E-state index contributed by atoms with van der Waals surface area (Å²) in [6.07, 6.45) is 12.4. The molecule has 0 aromatic heterocycles. The molecule has 0 aliphatic heterocycles. The average Bonchev–Trinajstić information content (AvgIpc) is 2.33. The Morgan fingerprint density at radius 1 is 1.44 bits per heavy atom. The average molecular weight is 120 g/mol. The Morgan fingerprint density at radius 3 is 3.33 bits per heavy atom. The van der Waals surface area contributed by atoms with Gasteiger partial charge in [0.05, 0.1) is 0 Å². The van der Waals surface area contributed by atoms with Gasteiger partial charge in [0.1, 0.15) is 0 Å². The van der Waals surface area contributed by atoms with Crippen molar-refractivity contribution in [2.45, 2.75) is 25.7 Å². The zero-order valence-corrected chi connectivity index (χ0v) is 5.64. The molecule has 2 aliphatic carbocycles. The minimum atomic E-state index is 0.940. The first-order chi connectivity index (χ1) is 4.47. The van der Waals surface area contributed by atoms with Crippen molar-refractivity contribution in [2.24, 2.45) is 5.92 Å². The smallest absolute Gasteiger partial charge is 0.0165 e. The highest BCUT2D eigenvalue weighted by molar-refractivity contribution is 5.23. The lowest BCUT2D eigenvalue weighted by Gasteiger charge is -2.11. The summed E-state index contributed by atoms with van der Waals surface area (Å²) in [5.41, 5.74) is 1.71. The summed E-state index contributed by atoms with van der Waals surface area (Å²) in [5.74, 6) is 0.940. The molecule has 1 saturated carbocycles. The van der Waals surface area contributed by atoms with Gasteiger partial charge in [-0.25, -0.2) is 0 Å². The van der Waals surface area contributed by atoms with Crippen LogP contribution in [0.2, 0.25) is 0 Å². The second-order valence-corrected chi connectivity index (χ2v) is 2.99. The number of hydrogen-bond acceptors (Lipinski definition) is 0. The molecule has 0 heterocycles. The second-order valence-electron chi connectivity index (χ2n) is 2.99. The molecule has 0 aromatic carbocycles. The van der Waals surface area contributed by atoms with Gasteiger partial charge >= 0.3 is 0 Å². The van der Waals surface area contributed by atoms with Gasteiger partial charge in [-0.15, -0.1) is 0 Å². The number of hydrogen-bond donors (Lipinski definition) is 0. The van der Waals surface area contributed by atoms with Gasteiger partial charge in [0, 0.05) is 0 Å². The van der Waals surface area contributed by atoms with Crippen molar-refractivity contribution in [1.29, 1.82) is 0 Å². The molecular weight excluding hydrogens is 108 g/mol. The van der Waals surface area contributed by atoms with Crippen molar-refractivity contribution in [2.75, 3.05) is 0 Å². The first kappa shape index (κ1) is 5.28. The number of rotatable bonds is 0. The van der Waals surface area contributed by atoms with E-state index in [9.17, 15) is 0 Å². The molecule has 0 heteroatoms. The van der Waals surface area contributed by atoms with Crippen molar-refractivity contribution < 1.29 is 0 Å². The molecule has 0 saturated heterocycles. The summed E-state index contributed by atoms with van der Waals surface area (Å²) in [6.45, 7) is 0. The van der Waals surface area contributed by atoms with Crippen LogP contribution in [0.3, 0.4) is 0 Å². The molecule has 1 atom stereocenters. The zero-order chi connectivity index (χ0) is 6.10. The number of fused-ring (bicyclic) bond motifs is 1. The van der Waals surface area contributed by atoms with Crippen LogP contribution in [0.4, 0.5) is 0 Å². The molecular formula is C9H12. The molecule has 48 valence electrons. The third kappa shape index (κ3) is 0.827. The third-order valence-electron chi connectivity index (χ3n) is 2.41. The maximum absolute atomic E-state index is 2.31. The van der Waals surface area contributed by atoms with E-state index in [1.165, 1.54) is 25.7 Å². The fraction of sp³-hybridized carbons (Fsp3) is 0.556. The van der Waals surface area contributed by atoms with Gasteiger partial charge in [-0.2, -0.15) is 0 Å². The minimum Gasteiger partial charge on any atom is -0.0839 e. The maximum atomic E-state index is 2.31. The minimum absolute atomic E-state index is 0.940. The Balaban J connectivity index is 2.23. The zero-order valence-electron chi connectivity index (χ0n) is 5.64. The van der Waals surface area contributed by atoms with E-state index in [2.05, 4.69) is 18.2 Å². The van der Waals surface area contributed by atoms with Crippen molar-refractivity contribution in [3.8, 4) is 0 Å². The quantitative estimate of drug-likeness (QED) is 0.461. The molecule has 1 unspecified atom stereocenters. The van der Waals surface area contributed by atoms with Gasteiger partial charge < -0.3 is 0 Å². The van der Waals surface area contributed by atoms with Crippen LogP contribution in [-0.2, 0) is 0 Å². The lowest BCUT2D eigenvalue weighted by atomic mass is 9.95. The van der Waals surface area contributed by atoms with Gasteiger partial charge in [0.2, 0.25) is 0 Å². The summed E-state index contributed by atoms with van der Waals surface area (Å²) in [6, 6.07) is 0. The number of allylic oxidation sites excluding steroid dienone is 4.